The van der Waals surface area contributed by atoms with E-state index in [1.165, 1.54) is 0 Å². The van der Waals surface area contributed by atoms with Crippen LogP contribution in [0.1, 0.15) is 12.8 Å². The van der Waals surface area contributed by atoms with Crippen molar-refractivity contribution >= 4 is 17.8 Å². The highest BCUT2D eigenvalue weighted by atomic mass is 16.2. The van der Waals surface area contributed by atoms with E-state index in [0.717, 1.165) is 26.2 Å². The molecule has 140 valence electrons. The fourth-order valence-corrected chi connectivity index (χ4v) is 3.82. The van der Waals surface area contributed by atoms with E-state index in [-0.39, 0.29) is 11.8 Å². The minimum absolute atomic E-state index is 0.0232. The number of amides is 2. The molecule has 0 bridgehead atoms. The van der Waals surface area contributed by atoms with Gasteiger partial charge in [0, 0.05) is 64.8 Å². The monoisotopic (exact) mass is 358 g/mol. The summed E-state index contributed by atoms with van der Waals surface area (Å²) in [7, 11) is 2.07. The molecule has 0 spiro atoms. The third-order valence-electron chi connectivity index (χ3n) is 5.76. The molecule has 0 atom stereocenters. The van der Waals surface area contributed by atoms with Gasteiger partial charge in [0.1, 0.15) is 5.41 Å². The van der Waals surface area contributed by atoms with Crippen LogP contribution in [0.5, 0.6) is 0 Å². The Morgan fingerprint density at radius 1 is 0.846 bits per heavy atom. The Morgan fingerprint density at radius 3 is 1.85 bits per heavy atom. The fourth-order valence-electron chi connectivity index (χ4n) is 3.82. The summed E-state index contributed by atoms with van der Waals surface area (Å²) >= 11 is 0. The second-order valence-corrected chi connectivity index (χ2v) is 7.51. The maximum Gasteiger partial charge on any atom is 0.238 e. The summed E-state index contributed by atoms with van der Waals surface area (Å²) in [6.45, 7) is 5.86. The Hall–Kier alpha value is -2.22. The first-order valence-electron chi connectivity index (χ1n) is 9.39. The Kier molecular flexibility index (Phi) is 4.52. The van der Waals surface area contributed by atoms with Crippen molar-refractivity contribution in [2.45, 2.75) is 12.8 Å². The SMILES string of the molecule is CN1CCN(C(=O)C2(C(=O)N3CCN(c4ncccn4)CC3)CC2)CC1. The molecule has 1 saturated carbocycles. The van der Waals surface area contributed by atoms with E-state index in [1.807, 2.05) is 9.80 Å². The number of aromatic nitrogens is 2. The number of carbonyl (C=O) groups excluding carboxylic acids is 2. The molecule has 3 heterocycles. The highest BCUT2D eigenvalue weighted by Gasteiger charge is 2.59. The molecule has 3 fully saturated rings. The molecule has 1 aliphatic carbocycles. The van der Waals surface area contributed by atoms with Crippen LogP contribution in [-0.2, 0) is 9.59 Å². The van der Waals surface area contributed by atoms with E-state index >= 15 is 0 Å². The van der Waals surface area contributed by atoms with Crippen LogP contribution in [0.25, 0.3) is 0 Å². The van der Waals surface area contributed by atoms with Crippen LogP contribution >= 0.6 is 0 Å². The molecule has 2 saturated heterocycles. The second kappa shape index (κ2) is 6.83. The molecule has 8 heteroatoms. The number of anilines is 1. The lowest BCUT2D eigenvalue weighted by atomic mass is 10.0. The van der Waals surface area contributed by atoms with Gasteiger partial charge in [0.25, 0.3) is 0 Å². The molecule has 0 N–H and O–H groups in total. The first-order valence-corrected chi connectivity index (χ1v) is 9.39. The zero-order valence-corrected chi connectivity index (χ0v) is 15.3. The standard InChI is InChI=1S/C18H26N6O2/c1-21-7-9-22(10-8-21)15(25)18(3-4-18)16(26)23-11-13-24(14-12-23)17-19-5-2-6-20-17/h2,5-6H,3-4,7-14H2,1H3. The van der Waals surface area contributed by atoms with Gasteiger partial charge in [-0.25, -0.2) is 9.97 Å². The molecule has 4 rings (SSSR count). The number of hydrogen-bond acceptors (Lipinski definition) is 6. The maximum atomic E-state index is 13.1. The average Bonchev–Trinajstić information content (AvgIpc) is 3.50. The van der Waals surface area contributed by atoms with Gasteiger partial charge >= 0.3 is 0 Å². The van der Waals surface area contributed by atoms with E-state index in [0.29, 0.717) is 45.0 Å². The number of nitrogens with zero attached hydrogens (tertiary/aromatic N) is 6. The summed E-state index contributed by atoms with van der Waals surface area (Å²) in [6.07, 6.45) is 4.85. The summed E-state index contributed by atoms with van der Waals surface area (Å²) in [6, 6.07) is 1.80. The topological polar surface area (TPSA) is 72.9 Å². The third-order valence-corrected chi connectivity index (χ3v) is 5.76. The Labute approximate surface area is 153 Å². The number of carbonyl (C=O) groups is 2. The maximum absolute atomic E-state index is 13.1. The van der Waals surface area contributed by atoms with Crippen LogP contribution < -0.4 is 4.90 Å². The number of rotatable bonds is 3. The lowest BCUT2D eigenvalue weighted by Crippen LogP contribution is -2.56. The molecular weight excluding hydrogens is 332 g/mol. The normalized spacial score (nSPS) is 23.0. The molecule has 0 aromatic carbocycles. The molecule has 0 unspecified atom stereocenters. The first-order chi connectivity index (χ1) is 12.6. The van der Waals surface area contributed by atoms with Crippen molar-refractivity contribution in [3.63, 3.8) is 0 Å². The predicted octanol–water partition coefficient (Wildman–Crippen LogP) is -0.321. The van der Waals surface area contributed by atoms with Crippen molar-refractivity contribution in [2.24, 2.45) is 5.41 Å². The van der Waals surface area contributed by atoms with Gasteiger partial charge in [0.05, 0.1) is 0 Å². The van der Waals surface area contributed by atoms with Gasteiger partial charge < -0.3 is 19.6 Å². The largest absolute Gasteiger partial charge is 0.339 e. The van der Waals surface area contributed by atoms with Crippen molar-refractivity contribution < 1.29 is 9.59 Å². The van der Waals surface area contributed by atoms with Gasteiger partial charge in [-0.1, -0.05) is 0 Å². The fraction of sp³-hybridized carbons (Fsp3) is 0.667. The summed E-state index contributed by atoms with van der Waals surface area (Å²) in [5, 5.41) is 0. The van der Waals surface area contributed by atoms with Gasteiger partial charge in [0.15, 0.2) is 0 Å². The van der Waals surface area contributed by atoms with Crippen LogP contribution in [0.2, 0.25) is 0 Å². The van der Waals surface area contributed by atoms with E-state index in [4.69, 9.17) is 0 Å². The number of piperazine rings is 2. The van der Waals surface area contributed by atoms with Crippen LogP contribution in [0.4, 0.5) is 5.95 Å². The molecule has 2 amide bonds. The Bertz CT molecular complexity index is 662. The summed E-state index contributed by atoms with van der Waals surface area (Å²) < 4.78 is 0. The number of hydrogen-bond donors (Lipinski definition) is 0. The molecule has 3 aliphatic rings. The Morgan fingerprint density at radius 2 is 1.35 bits per heavy atom. The Balaban J connectivity index is 1.36. The van der Waals surface area contributed by atoms with Crippen molar-refractivity contribution in [3.05, 3.63) is 18.5 Å². The van der Waals surface area contributed by atoms with E-state index in [1.54, 1.807) is 18.5 Å². The molecule has 1 aromatic heterocycles. The smallest absolute Gasteiger partial charge is 0.238 e. The van der Waals surface area contributed by atoms with Crippen LogP contribution in [0.15, 0.2) is 18.5 Å². The predicted molar refractivity (Wildman–Crippen MR) is 96.6 cm³/mol. The van der Waals surface area contributed by atoms with Crippen molar-refractivity contribution in [1.29, 1.82) is 0 Å². The van der Waals surface area contributed by atoms with Gasteiger partial charge in [-0.15, -0.1) is 0 Å². The lowest BCUT2D eigenvalue weighted by molar-refractivity contribution is -0.150. The van der Waals surface area contributed by atoms with Crippen molar-refractivity contribution in [1.82, 2.24) is 24.7 Å². The van der Waals surface area contributed by atoms with Gasteiger partial charge in [-0.2, -0.15) is 0 Å². The molecule has 1 aromatic rings. The molecule has 2 aliphatic heterocycles. The quantitative estimate of drug-likeness (QED) is 0.690. The van der Waals surface area contributed by atoms with Crippen molar-refractivity contribution in [3.8, 4) is 0 Å². The van der Waals surface area contributed by atoms with Gasteiger partial charge in [-0.3, -0.25) is 9.59 Å². The lowest BCUT2D eigenvalue weighted by Gasteiger charge is -2.38. The summed E-state index contributed by atoms with van der Waals surface area (Å²) in [4.78, 5) is 42.7. The third kappa shape index (κ3) is 3.13. The van der Waals surface area contributed by atoms with Crippen LogP contribution in [0, 0.1) is 5.41 Å². The van der Waals surface area contributed by atoms with E-state index in [9.17, 15) is 9.59 Å². The van der Waals surface area contributed by atoms with Gasteiger partial charge in [0.2, 0.25) is 17.8 Å². The zero-order chi connectivity index (χ0) is 18.1. The van der Waals surface area contributed by atoms with Gasteiger partial charge in [-0.05, 0) is 26.0 Å². The molecule has 0 radical (unpaired) electrons. The minimum atomic E-state index is -0.776. The number of likely N-dealkylation sites (N-methyl/N-ethyl adjacent to an activating group) is 1. The summed E-state index contributed by atoms with van der Waals surface area (Å²) in [5.41, 5.74) is -0.776. The highest BCUT2D eigenvalue weighted by molar-refractivity contribution is 6.08. The highest BCUT2D eigenvalue weighted by Crippen LogP contribution is 2.49. The van der Waals surface area contributed by atoms with E-state index in [2.05, 4.69) is 26.8 Å². The molecule has 26 heavy (non-hydrogen) atoms. The van der Waals surface area contributed by atoms with Crippen molar-refractivity contribution in [2.75, 3.05) is 64.3 Å². The molecule has 8 nitrogen and oxygen atoms in total. The van der Waals surface area contributed by atoms with Crippen LogP contribution in [0.3, 0.4) is 0 Å². The summed E-state index contributed by atoms with van der Waals surface area (Å²) in [5.74, 6) is 0.772. The van der Waals surface area contributed by atoms with Crippen LogP contribution in [-0.4, -0.2) is 95.9 Å². The average molecular weight is 358 g/mol. The molecular formula is C18H26N6O2. The van der Waals surface area contributed by atoms with E-state index < -0.39 is 5.41 Å². The second-order valence-electron chi connectivity index (χ2n) is 7.51. The minimum Gasteiger partial charge on any atom is -0.339 e. The first kappa shape index (κ1) is 17.2. The zero-order valence-electron chi connectivity index (χ0n) is 15.3.